The zero-order valence-corrected chi connectivity index (χ0v) is 12.1. The van der Waals surface area contributed by atoms with Gasteiger partial charge in [-0.3, -0.25) is 0 Å². The van der Waals surface area contributed by atoms with Crippen molar-refractivity contribution in [2.24, 2.45) is 23.2 Å². The van der Waals surface area contributed by atoms with E-state index in [1.807, 2.05) is 7.11 Å². The van der Waals surface area contributed by atoms with E-state index < -0.39 is 0 Å². The maximum absolute atomic E-state index is 5.41. The van der Waals surface area contributed by atoms with Gasteiger partial charge < -0.3 is 10.1 Å². The molecule has 0 spiro atoms. The molecule has 104 valence electrons. The summed E-state index contributed by atoms with van der Waals surface area (Å²) in [7, 11) is 1.84. The van der Waals surface area contributed by atoms with Gasteiger partial charge in [0.1, 0.15) is 0 Å². The van der Waals surface area contributed by atoms with E-state index >= 15 is 0 Å². The summed E-state index contributed by atoms with van der Waals surface area (Å²) in [5.74, 6) is 3.21. The van der Waals surface area contributed by atoms with Crippen molar-refractivity contribution >= 4 is 0 Å². The molecule has 1 N–H and O–H groups in total. The predicted molar refractivity (Wildman–Crippen MR) is 74.6 cm³/mol. The van der Waals surface area contributed by atoms with E-state index in [1.54, 1.807) is 19.3 Å². The van der Waals surface area contributed by atoms with Crippen LogP contribution in [0.2, 0.25) is 0 Å². The molecule has 4 saturated carbocycles. The van der Waals surface area contributed by atoms with E-state index in [1.165, 1.54) is 25.7 Å². The molecule has 1 unspecified atom stereocenters. The molecule has 1 atom stereocenters. The molecule has 0 amide bonds. The second-order valence-corrected chi connectivity index (χ2v) is 7.33. The summed E-state index contributed by atoms with van der Waals surface area (Å²) < 4.78 is 5.41. The first-order valence-electron chi connectivity index (χ1n) is 7.95. The van der Waals surface area contributed by atoms with Gasteiger partial charge in [-0.1, -0.05) is 6.92 Å². The number of hydrogen-bond acceptors (Lipinski definition) is 2. The lowest BCUT2D eigenvalue weighted by Gasteiger charge is -2.57. The molecular formula is C16H29NO. The maximum atomic E-state index is 5.41. The highest BCUT2D eigenvalue weighted by atomic mass is 16.5. The average molecular weight is 251 g/mol. The van der Waals surface area contributed by atoms with Crippen LogP contribution in [0.3, 0.4) is 0 Å². The Morgan fingerprint density at radius 3 is 2.11 bits per heavy atom. The van der Waals surface area contributed by atoms with Gasteiger partial charge in [-0.2, -0.15) is 0 Å². The largest absolute Gasteiger partial charge is 0.383 e. The molecule has 4 rings (SSSR count). The van der Waals surface area contributed by atoms with E-state index in [0.29, 0.717) is 11.5 Å². The highest BCUT2D eigenvalue weighted by molar-refractivity contribution is 5.02. The van der Waals surface area contributed by atoms with E-state index in [9.17, 15) is 0 Å². The van der Waals surface area contributed by atoms with Crippen molar-refractivity contribution in [3.05, 3.63) is 0 Å². The SMILES string of the molecule is CCNC(COC)CC12CC3CC(CC(C3)C1)C2. The van der Waals surface area contributed by atoms with Crippen LogP contribution in [-0.4, -0.2) is 26.3 Å². The van der Waals surface area contributed by atoms with Gasteiger partial charge in [0.05, 0.1) is 6.61 Å². The second-order valence-electron chi connectivity index (χ2n) is 7.33. The molecule has 0 aromatic carbocycles. The fraction of sp³-hybridized carbons (Fsp3) is 1.00. The molecule has 4 bridgehead atoms. The van der Waals surface area contributed by atoms with Crippen LogP contribution in [0.4, 0.5) is 0 Å². The number of rotatable bonds is 6. The number of ether oxygens (including phenoxy) is 1. The van der Waals surface area contributed by atoms with Crippen LogP contribution in [-0.2, 0) is 4.74 Å². The lowest BCUT2D eigenvalue weighted by atomic mass is 9.48. The first-order chi connectivity index (χ1) is 8.73. The molecule has 0 saturated heterocycles. The molecule has 0 heterocycles. The molecule has 4 fully saturated rings. The summed E-state index contributed by atoms with van der Waals surface area (Å²) >= 11 is 0. The zero-order valence-electron chi connectivity index (χ0n) is 12.1. The van der Waals surface area contributed by atoms with E-state index in [2.05, 4.69) is 12.2 Å². The Morgan fingerprint density at radius 2 is 1.67 bits per heavy atom. The topological polar surface area (TPSA) is 21.3 Å². The first kappa shape index (κ1) is 12.9. The summed E-state index contributed by atoms with van der Waals surface area (Å²) in [5, 5.41) is 3.63. The minimum atomic E-state index is 0.580. The van der Waals surface area contributed by atoms with Crippen LogP contribution < -0.4 is 5.32 Å². The normalized spacial score (nSPS) is 43.3. The van der Waals surface area contributed by atoms with Gasteiger partial charge in [-0.05, 0) is 74.7 Å². The van der Waals surface area contributed by atoms with Crippen LogP contribution in [0.25, 0.3) is 0 Å². The summed E-state index contributed by atoms with van der Waals surface area (Å²) in [6.07, 6.45) is 10.6. The fourth-order valence-electron chi connectivity index (χ4n) is 5.74. The minimum Gasteiger partial charge on any atom is -0.383 e. The Morgan fingerprint density at radius 1 is 1.11 bits per heavy atom. The third-order valence-electron chi connectivity index (χ3n) is 5.71. The van der Waals surface area contributed by atoms with Gasteiger partial charge in [0.25, 0.3) is 0 Å². The van der Waals surface area contributed by atoms with Crippen LogP contribution in [0, 0.1) is 23.2 Å². The van der Waals surface area contributed by atoms with Gasteiger partial charge >= 0.3 is 0 Å². The maximum Gasteiger partial charge on any atom is 0.0616 e. The molecule has 0 aromatic heterocycles. The molecule has 0 aliphatic heterocycles. The van der Waals surface area contributed by atoms with Crippen molar-refractivity contribution in [3.8, 4) is 0 Å². The van der Waals surface area contributed by atoms with Crippen molar-refractivity contribution < 1.29 is 4.74 Å². The molecule has 0 radical (unpaired) electrons. The molecular weight excluding hydrogens is 222 g/mol. The molecule has 4 aliphatic carbocycles. The Labute approximate surface area is 112 Å². The number of likely N-dealkylation sites (N-methyl/N-ethyl adjacent to an activating group) is 1. The molecule has 4 aliphatic rings. The Balaban J connectivity index is 1.67. The van der Waals surface area contributed by atoms with Crippen molar-refractivity contribution in [2.75, 3.05) is 20.3 Å². The van der Waals surface area contributed by atoms with Crippen molar-refractivity contribution in [1.29, 1.82) is 0 Å². The summed E-state index contributed by atoms with van der Waals surface area (Å²) in [4.78, 5) is 0. The third-order valence-corrected chi connectivity index (χ3v) is 5.71. The number of nitrogens with one attached hydrogen (secondary N) is 1. The number of methoxy groups -OCH3 is 1. The lowest BCUT2D eigenvalue weighted by molar-refractivity contribution is -0.0652. The standard InChI is InChI=1S/C16H29NO/c1-3-17-15(11-18-2)10-16-7-12-4-13(8-16)6-14(5-12)9-16/h12-15,17H,3-11H2,1-2H3. The minimum absolute atomic E-state index is 0.580. The monoisotopic (exact) mass is 251 g/mol. The van der Waals surface area contributed by atoms with Crippen molar-refractivity contribution in [1.82, 2.24) is 5.32 Å². The van der Waals surface area contributed by atoms with E-state index in [0.717, 1.165) is 30.9 Å². The highest BCUT2D eigenvalue weighted by Gasteiger charge is 2.51. The van der Waals surface area contributed by atoms with E-state index in [-0.39, 0.29) is 0 Å². The fourth-order valence-corrected chi connectivity index (χ4v) is 5.74. The summed E-state index contributed by atoms with van der Waals surface area (Å²) in [5.41, 5.74) is 0.681. The Kier molecular flexibility index (Phi) is 3.68. The van der Waals surface area contributed by atoms with Crippen molar-refractivity contribution in [3.63, 3.8) is 0 Å². The van der Waals surface area contributed by atoms with Gasteiger partial charge in [0, 0.05) is 13.2 Å². The smallest absolute Gasteiger partial charge is 0.0616 e. The average Bonchev–Trinajstić information content (AvgIpc) is 2.26. The van der Waals surface area contributed by atoms with E-state index in [4.69, 9.17) is 4.74 Å². The highest BCUT2D eigenvalue weighted by Crippen LogP contribution is 2.61. The van der Waals surface area contributed by atoms with Crippen LogP contribution in [0.5, 0.6) is 0 Å². The number of hydrogen-bond donors (Lipinski definition) is 1. The van der Waals surface area contributed by atoms with Gasteiger partial charge in [-0.15, -0.1) is 0 Å². The van der Waals surface area contributed by atoms with Gasteiger partial charge in [0.2, 0.25) is 0 Å². The van der Waals surface area contributed by atoms with Crippen LogP contribution >= 0.6 is 0 Å². The van der Waals surface area contributed by atoms with Crippen LogP contribution in [0.15, 0.2) is 0 Å². The third kappa shape index (κ3) is 2.46. The van der Waals surface area contributed by atoms with Crippen molar-refractivity contribution in [2.45, 2.75) is 57.9 Å². The molecule has 2 heteroatoms. The quantitative estimate of drug-likeness (QED) is 0.782. The summed E-state index contributed by atoms with van der Waals surface area (Å²) in [6.45, 7) is 4.17. The Bertz CT molecular complexity index is 248. The predicted octanol–water partition coefficient (Wildman–Crippen LogP) is 3.22. The molecule has 0 aromatic rings. The molecule has 18 heavy (non-hydrogen) atoms. The summed E-state index contributed by atoms with van der Waals surface area (Å²) in [6, 6.07) is 0.580. The van der Waals surface area contributed by atoms with Gasteiger partial charge in [0.15, 0.2) is 0 Å². The zero-order chi connectivity index (χ0) is 12.6. The molecule has 2 nitrogen and oxygen atoms in total. The van der Waals surface area contributed by atoms with Gasteiger partial charge in [-0.25, -0.2) is 0 Å². The second kappa shape index (κ2) is 5.13. The Hall–Kier alpha value is -0.0800. The lowest BCUT2D eigenvalue weighted by Crippen LogP contribution is -2.49. The first-order valence-corrected chi connectivity index (χ1v) is 7.95. The van der Waals surface area contributed by atoms with Crippen LogP contribution in [0.1, 0.15) is 51.9 Å².